The van der Waals surface area contributed by atoms with Crippen LogP contribution in [0.5, 0.6) is 11.5 Å². The molecule has 154 valence electrons. The summed E-state index contributed by atoms with van der Waals surface area (Å²) in [6, 6.07) is 25.0. The number of pyridine rings is 1. The largest absolute Gasteiger partial charge is 0.457 e. The molecule has 3 aromatic carbocycles. The first-order chi connectivity index (χ1) is 15.1. The van der Waals surface area contributed by atoms with Crippen molar-refractivity contribution in [3.05, 3.63) is 103 Å². The van der Waals surface area contributed by atoms with E-state index in [4.69, 9.17) is 4.74 Å². The fourth-order valence-corrected chi connectivity index (χ4v) is 3.31. The van der Waals surface area contributed by atoms with E-state index in [0.717, 1.165) is 33.4 Å². The van der Waals surface area contributed by atoms with Gasteiger partial charge in [-0.15, -0.1) is 0 Å². The highest BCUT2D eigenvalue weighted by atomic mass is 16.5. The number of fused-ring (bicyclic) bond motifs is 1. The van der Waals surface area contributed by atoms with Gasteiger partial charge in [0.1, 0.15) is 11.5 Å². The highest BCUT2D eigenvalue weighted by molar-refractivity contribution is 6.03. The first kappa shape index (κ1) is 20.2. The summed E-state index contributed by atoms with van der Waals surface area (Å²) < 4.78 is 6.03. The molecule has 5 heteroatoms. The topological polar surface area (TPSA) is 63.2 Å². The maximum absolute atomic E-state index is 12.5. The summed E-state index contributed by atoms with van der Waals surface area (Å²) in [6.07, 6.45) is 2.02. The Hall–Kier alpha value is -4.12. The zero-order valence-electron chi connectivity index (χ0n) is 17.3. The lowest BCUT2D eigenvalue weighted by Gasteiger charge is -2.12. The van der Waals surface area contributed by atoms with Gasteiger partial charge in [0.2, 0.25) is 5.91 Å². The smallest absolute Gasteiger partial charge is 0.228 e. The van der Waals surface area contributed by atoms with Crippen LogP contribution in [0.4, 0.5) is 5.69 Å². The minimum Gasteiger partial charge on any atom is -0.457 e. The van der Waals surface area contributed by atoms with Gasteiger partial charge in [0.25, 0.3) is 0 Å². The number of hydrogen-bond acceptors (Lipinski definition) is 4. The van der Waals surface area contributed by atoms with Crippen molar-refractivity contribution in [1.29, 1.82) is 0 Å². The molecular weight excluding hydrogens is 386 g/mol. The molecule has 1 heterocycles. The molecular formula is C26H23N3O2. The number of benzene rings is 3. The van der Waals surface area contributed by atoms with Crippen LogP contribution in [0.25, 0.3) is 16.5 Å². The van der Waals surface area contributed by atoms with Crippen LogP contribution < -0.4 is 15.4 Å². The van der Waals surface area contributed by atoms with Gasteiger partial charge in [0.05, 0.1) is 17.8 Å². The Bertz CT molecular complexity index is 1240. The molecule has 0 saturated heterocycles. The van der Waals surface area contributed by atoms with E-state index in [0.29, 0.717) is 17.9 Å². The number of hydrogen-bond donors (Lipinski definition) is 2. The molecule has 5 nitrogen and oxygen atoms in total. The fraction of sp³-hybridized carbons (Fsp3) is 0.0769. The van der Waals surface area contributed by atoms with Gasteiger partial charge in [-0.25, -0.2) is 0 Å². The predicted molar refractivity (Wildman–Crippen MR) is 125 cm³/mol. The predicted octanol–water partition coefficient (Wildman–Crippen LogP) is 5.40. The second-order valence-electron chi connectivity index (χ2n) is 7.11. The summed E-state index contributed by atoms with van der Waals surface area (Å²) >= 11 is 0. The Morgan fingerprint density at radius 3 is 2.58 bits per heavy atom. The van der Waals surface area contributed by atoms with E-state index in [1.54, 1.807) is 19.3 Å². The van der Waals surface area contributed by atoms with Crippen molar-refractivity contribution in [1.82, 2.24) is 10.3 Å². The van der Waals surface area contributed by atoms with Crippen LogP contribution in [-0.2, 0) is 11.2 Å². The molecule has 4 aromatic rings. The van der Waals surface area contributed by atoms with Crippen LogP contribution in [0.2, 0.25) is 0 Å². The monoisotopic (exact) mass is 409 g/mol. The molecule has 0 bridgehead atoms. The number of rotatable bonds is 7. The van der Waals surface area contributed by atoms with E-state index in [-0.39, 0.29) is 5.91 Å². The standard InChI is InChI=1S/C26H23N3O2/c1-18(27-2)25-17-22(13-14-28-25)31-21-11-12-23-20(16-21)9-6-10-24(23)29-26(30)15-19-7-4-3-5-8-19/h3-14,16-17,27H,1,15H2,2H3,(H,29,30). The number of nitrogens with one attached hydrogen (secondary N) is 2. The third kappa shape index (κ3) is 4.90. The fourth-order valence-electron chi connectivity index (χ4n) is 3.31. The van der Waals surface area contributed by atoms with Crippen LogP contribution in [0.3, 0.4) is 0 Å². The summed E-state index contributed by atoms with van der Waals surface area (Å²) in [5, 5.41) is 7.94. The van der Waals surface area contributed by atoms with Crippen molar-refractivity contribution in [2.75, 3.05) is 12.4 Å². The summed E-state index contributed by atoms with van der Waals surface area (Å²) in [7, 11) is 1.80. The van der Waals surface area contributed by atoms with Crippen molar-refractivity contribution in [2.45, 2.75) is 6.42 Å². The number of ether oxygens (including phenoxy) is 1. The van der Waals surface area contributed by atoms with Crippen molar-refractivity contribution in [3.63, 3.8) is 0 Å². The van der Waals surface area contributed by atoms with Crippen LogP contribution >= 0.6 is 0 Å². The van der Waals surface area contributed by atoms with E-state index in [2.05, 4.69) is 22.2 Å². The third-order valence-corrected chi connectivity index (χ3v) is 4.91. The number of carbonyl (C=O) groups excluding carboxylic acids is 1. The Balaban J connectivity index is 1.53. The molecule has 0 fully saturated rings. The molecule has 0 unspecified atom stereocenters. The summed E-state index contributed by atoms with van der Waals surface area (Å²) in [5.74, 6) is 1.33. The van der Waals surface area contributed by atoms with E-state index in [1.807, 2.05) is 72.8 Å². The molecule has 1 aromatic heterocycles. The lowest BCUT2D eigenvalue weighted by molar-refractivity contribution is -0.115. The van der Waals surface area contributed by atoms with Crippen LogP contribution in [0.15, 0.2) is 91.6 Å². The van der Waals surface area contributed by atoms with Crippen LogP contribution in [0.1, 0.15) is 11.3 Å². The van der Waals surface area contributed by atoms with E-state index >= 15 is 0 Å². The SMILES string of the molecule is C=C(NC)c1cc(Oc2ccc3c(NC(=O)Cc4ccccc4)cccc3c2)ccn1. The lowest BCUT2D eigenvalue weighted by Crippen LogP contribution is -2.14. The summed E-state index contributed by atoms with van der Waals surface area (Å²) in [4.78, 5) is 16.8. The average molecular weight is 409 g/mol. The Morgan fingerprint density at radius 1 is 0.968 bits per heavy atom. The molecule has 0 saturated carbocycles. The molecule has 31 heavy (non-hydrogen) atoms. The zero-order chi connectivity index (χ0) is 21.6. The minimum absolute atomic E-state index is 0.0481. The quantitative estimate of drug-likeness (QED) is 0.429. The summed E-state index contributed by atoms with van der Waals surface area (Å²) in [5.41, 5.74) is 3.21. The van der Waals surface area contributed by atoms with Gasteiger partial charge in [-0.3, -0.25) is 9.78 Å². The van der Waals surface area contributed by atoms with Crippen LogP contribution in [0, 0.1) is 0 Å². The molecule has 0 aliphatic rings. The van der Waals surface area contributed by atoms with Gasteiger partial charge in [-0.2, -0.15) is 0 Å². The molecule has 0 spiro atoms. The Kier molecular flexibility index (Phi) is 5.94. The highest BCUT2D eigenvalue weighted by Crippen LogP contribution is 2.30. The molecule has 4 rings (SSSR count). The minimum atomic E-state index is -0.0481. The number of nitrogens with zero attached hydrogens (tertiary/aromatic N) is 1. The maximum atomic E-state index is 12.5. The first-order valence-electron chi connectivity index (χ1n) is 10.00. The van der Waals surface area contributed by atoms with Gasteiger partial charge in [0, 0.05) is 30.4 Å². The Labute approximate surface area is 181 Å². The van der Waals surface area contributed by atoms with Crippen molar-refractivity contribution in [3.8, 4) is 11.5 Å². The van der Waals surface area contributed by atoms with Gasteiger partial charge in [-0.1, -0.05) is 49.0 Å². The highest BCUT2D eigenvalue weighted by Gasteiger charge is 2.09. The first-order valence-corrected chi connectivity index (χ1v) is 10.00. The molecule has 0 atom stereocenters. The van der Waals surface area contributed by atoms with E-state index in [1.165, 1.54) is 0 Å². The average Bonchev–Trinajstić information content (AvgIpc) is 2.79. The van der Waals surface area contributed by atoms with Gasteiger partial charge in [-0.05, 0) is 41.3 Å². The van der Waals surface area contributed by atoms with E-state index in [9.17, 15) is 4.79 Å². The lowest BCUT2D eigenvalue weighted by atomic mass is 10.1. The van der Waals surface area contributed by atoms with Gasteiger partial charge >= 0.3 is 0 Å². The maximum Gasteiger partial charge on any atom is 0.228 e. The second kappa shape index (κ2) is 9.13. The summed E-state index contributed by atoms with van der Waals surface area (Å²) in [6.45, 7) is 3.93. The molecule has 0 aliphatic heterocycles. The van der Waals surface area contributed by atoms with Gasteiger partial charge < -0.3 is 15.4 Å². The van der Waals surface area contributed by atoms with Crippen LogP contribution in [-0.4, -0.2) is 17.9 Å². The normalized spacial score (nSPS) is 10.5. The molecule has 0 aliphatic carbocycles. The number of anilines is 1. The number of aromatic nitrogens is 1. The second-order valence-corrected chi connectivity index (χ2v) is 7.11. The van der Waals surface area contributed by atoms with Gasteiger partial charge in [0.15, 0.2) is 0 Å². The Morgan fingerprint density at radius 2 is 1.77 bits per heavy atom. The molecule has 1 amide bonds. The van der Waals surface area contributed by atoms with Crippen molar-refractivity contribution >= 4 is 28.1 Å². The molecule has 0 radical (unpaired) electrons. The van der Waals surface area contributed by atoms with E-state index < -0.39 is 0 Å². The van der Waals surface area contributed by atoms with Crippen molar-refractivity contribution in [2.24, 2.45) is 0 Å². The van der Waals surface area contributed by atoms with Crippen molar-refractivity contribution < 1.29 is 9.53 Å². The molecule has 2 N–H and O–H groups in total. The third-order valence-electron chi connectivity index (χ3n) is 4.91. The number of amides is 1. The number of carbonyl (C=O) groups is 1. The zero-order valence-corrected chi connectivity index (χ0v) is 17.3.